The third-order valence-electron chi connectivity index (χ3n) is 3.27. The van der Waals surface area contributed by atoms with E-state index in [4.69, 9.17) is 10.5 Å². The second kappa shape index (κ2) is 6.02. The number of benzene rings is 1. The summed E-state index contributed by atoms with van der Waals surface area (Å²) in [5, 5.41) is 0. The van der Waals surface area contributed by atoms with Gasteiger partial charge in [-0.2, -0.15) is 0 Å². The van der Waals surface area contributed by atoms with Gasteiger partial charge in [0.05, 0.1) is 0 Å². The fraction of sp³-hybridized carbons (Fsp3) is 0.571. The molecular formula is C14H23NO. The van der Waals surface area contributed by atoms with Crippen LogP contribution in [0.2, 0.25) is 0 Å². The molecule has 2 nitrogen and oxygen atoms in total. The monoisotopic (exact) mass is 221 g/mol. The largest absolute Gasteiger partial charge is 0.385 e. The van der Waals surface area contributed by atoms with Gasteiger partial charge in [0.2, 0.25) is 0 Å². The Morgan fingerprint density at radius 3 is 2.31 bits per heavy atom. The Labute approximate surface area is 98.8 Å². The zero-order valence-corrected chi connectivity index (χ0v) is 10.8. The molecule has 0 aliphatic heterocycles. The molecule has 0 amide bonds. The van der Waals surface area contributed by atoms with Gasteiger partial charge < -0.3 is 10.5 Å². The van der Waals surface area contributed by atoms with Crippen molar-refractivity contribution in [1.82, 2.24) is 0 Å². The summed E-state index contributed by atoms with van der Waals surface area (Å²) in [6.07, 6.45) is 1.01. The minimum absolute atomic E-state index is 0.108. The van der Waals surface area contributed by atoms with E-state index in [-0.39, 0.29) is 6.04 Å². The van der Waals surface area contributed by atoms with Crippen LogP contribution in [0.4, 0.5) is 0 Å². The van der Waals surface area contributed by atoms with Crippen LogP contribution in [-0.4, -0.2) is 13.7 Å². The van der Waals surface area contributed by atoms with Crippen LogP contribution in [-0.2, 0) is 4.74 Å². The van der Waals surface area contributed by atoms with Crippen LogP contribution < -0.4 is 5.73 Å². The van der Waals surface area contributed by atoms with E-state index in [2.05, 4.69) is 39.0 Å². The van der Waals surface area contributed by atoms with Crippen molar-refractivity contribution in [2.45, 2.75) is 33.2 Å². The highest BCUT2D eigenvalue weighted by Gasteiger charge is 2.18. The zero-order valence-electron chi connectivity index (χ0n) is 10.8. The van der Waals surface area contributed by atoms with Crippen LogP contribution >= 0.6 is 0 Å². The van der Waals surface area contributed by atoms with E-state index in [9.17, 15) is 0 Å². The van der Waals surface area contributed by atoms with E-state index in [0.717, 1.165) is 13.0 Å². The first-order valence-corrected chi connectivity index (χ1v) is 5.88. The molecule has 0 saturated heterocycles. The Kier molecular flexibility index (Phi) is 4.97. The van der Waals surface area contributed by atoms with E-state index in [1.54, 1.807) is 7.11 Å². The maximum Gasteiger partial charge on any atom is 0.0465 e. The fourth-order valence-corrected chi connectivity index (χ4v) is 2.12. The lowest BCUT2D eigenvalue weighted by Crippen LogP contribution is -2.22. The van der Waals surface area contributed by atoms with Crippen molar-refractivity contribution in [1.29, 1.82) is 0 Å². The highest BCUT2D eigenvalue weighted by atomic mass is 16.5. The minimum atomic E-state index is 0.108. The standard InChI is InChI=1S/C14H23NO/c1-10-6-5-7-11(2)13(10)14(15)12(3)8-9-16-4/h5-7,12,14H,8-9,15H2,1-4H3. The molecule has 2 N–H and O–H groups in total. The third kappa shape index (κ3) is 3.06. The van der Waals surface area contributed by atoms with Crippen LogP contribution in [0.15, 0.2) is 18.2 Å². The van der Waals surface area contributed by atoms with E-state index in [1.165, 1.54) is 16.7 Å². The Hall–Kier alpha value is -0.860. The van der Waals surface area contributed by atoms with Crippen LogP contribution in [0, 0.1) is 19.8 Å². The SMILES string of the molecule is COCCC(C)C(N)c1c(C)cccc1C. The number of nitrogens with two attached hydrogens (primary N) is 1. The highest BCUT2D eigenvalue weighted by Crippen LogP contribution is 2.27. The van der Waals surface area contributed by atoms with Gasteiger partial charge in [-0.3, -0.25) is 0 Å². The summed E-state index contributed by atoms with van der Waals surface area (Å²) in [4.78, 5) is 0. The van der Waals surface area contributed by atoms with Crippen molar-refractivity contribution < 1.29 is 4.74 Å². The van der Waals surface area contributed by atoms with Gasteiger partial charge in [-0.05, 0) is 42.9 Å². The first kappa shape index (κ1) is 13.2. The van der Waals surface area contributed by atoms with Gasteiger partial charge in [-0.1, -0.05) is 25.1 Å². The Morgan fingerprint density at radius 2 is 1.81 bits per heavy atom. The van der Waals surface area contributed by atoms with Crippen molar-refractivity contribution >= 4 is 0 Å². The summed E-state index contributed by atoms with van der Waals surface area (Å²) in [5.41, 5.74) is 10.2. The molecule has 0 radical (unpaired) electrons. The summed E-state index contributed by atoms with van der Waals surface area (Å²) >= 11 is 0. The van der Waals surface area contributed by atoms with Gasteiger partial charge >= 0.3 is 0 Å². The molecule has 0 aliphatic rings. The van der Waals surface area contributed by atoms with Crippen molar-refractivity contribution in [3.63, 3.8) is 0 Å². The number of ether oxygens (including phenoxy) is 1. The molecule has 0 bridgehead atoms. The lowest BCUT2D eigenvalue weighted by Gasteiger charge is -2.23. The summed E-state index contributed by atoms with van der Waals surface area (Å²) in [7, 11) is 1.73. The molecule has 2 heteroatoms. The summed E-state index contributed by atoms with van der Waals surface area (Å²) < 4.78 is 5.10. The van der Waals surface area contributed by atoms with Gasteiger partial charge in [0, 0.05) is 19.8 Å². The molecule has 2 atom stereocenters. The quantitative estimate of drug-likeness (QED) is 0.829. The molecule has 0 fully saturated rings. The maximum atomic E-state index is 6.33. The highest BCUT2D eigenvalue weighted by molar-refractivity contribution is 5.36. The Bertz CT molecular complexity index is 315. The van der Waals surface area contributed by atoms with Crippen LogP contribution in [0.25, 0.3) is 0 Å². The molecule has 1 rings (SSSR count). The van der Waals surface area contributed by atoms with Gasteiger partial charge in [0.25, 0.3) is 0 Å². The van der Waals surface area contributed by atoms with Gasteiger partial charge in [-0.25, -0.2) is 0 Å². The third-order valence-corrected chi connectivity index (χ3v) is 3.27. The number of hydrogen-bond acceptors (Lipinski definition) is 2. The van der Waals surface area contributed by atoms with Gasteiger partial charge in [-0.15, -0.1) is 0 Å². The summed E-state index contributed by atoms with van der Waals surface area (Å²) in [6.45, 7) is 7.23. The summed E-state index contributed by atoms with van der Waals surface area (Å²) in [5.74, 6) is 0.444. The lowest BCUT2D eigenvalue weighted by atomic mass is 9.87. The second-order valence-electron chi connectivity index (χ2n) is 4.59. The van der Waals surface area contributed by atoms with Crippen molar-refractivity contribution in [2.75, 3.05) is 13.7 Å². The number of hydrogen-bond donors (Lipinski definition) is 1. The fourth-order valence-electron chi connectivity index (χ4n) is 2.12. The zero-order chi connectivity index (χ0) is 12.1. The van der Waals surface area contributed by atoms with E-state index < -0.39 is 0 Å². The average Bonchev–Trinajstić information content (AvgIpc) is 2.25. The normalized spacial score (nSPS) is 14.8. The molecule has 1 aromatic rings. The van der Waals surface area contributed by atoms with E-state index in [0.29, 0.717) is 5.92 Å². The molecule has 0 spiro atoms. The molecule has 16 heavy (non-hydrogen) atoms. The number of methoxy groups -OCH3 is 1. The van der Waals surface area contributed by atoms with E-state index in [1.807, 2.05) is 0 Å². The predicted molar refractivity (Wildman–Crippen MR) is 68.5 cm³/mol. The topological polar surface area (TPSA) is 35.2 Å². The molecule has 0 heterocycles. The minimum Gasteiger partial charge on any atom is -0.385 e. The average molecular weight is 221 g/mol. The van der Waals surface area contributed by atoms with Gasteiger partial charge in [0.15, 0.2) is 0 Å². The summed E-state index contributed by atoms with van der Waals surface area (Å²) in [6, 6.07) is 6.45. The predicted octanol–water partition coefficient (Wildman–Crippen LogP) is 2.98. The molecule has 0 saturated carbocycles. The van der Waals surface area contributed by atoms with Crippen molar-refractivity contribution in [2.24, 2.45) is 11.7 Å². The number of rotatable bonds is 5. The maximum absolute atomic E-state index is 6.33. The molecular weight excluding hydrogens is 198 g/mol. The van der Waals surface area contributed by atoms with E-state index >= 15 is 0 Å². The van der Waals surface area contributed by atoms with Crippen LogP contribution in [0.3, 0.4) is 0 Å². The Morgan fingerprint density at radius 1 is 1.25 bits per heavy atom. The molecule has 2 unspecified atom stereocenters. The molecule has 0 aliphatic carbocycles. The van der Waals surface area contributed by atoms with Crippen molar-refractivity contribution in [3.8, 4) is 0 Å². The molecule has 90 valence electrons. The van der Waals surface area contributed by atoms with Crippen LogP contribution in [0.1, 0.15) is 36.1 Å². The Balaban J connectivity index is 2.82. The molecule has 1 aromatic carbocycles. The smallest absolute Gasteiger partial charge is 0.0465 e. The molecule has 0 aromatic heterocycles. The first-order valence-electron chi connectivity index (χ1n) is 5.88. The number of aryl methyl sites for hydroxylation is 2. The van der Waals surface area contributed by atoms with Crippen LogP contribution in [0.5, 0.6) is 0 Å². The first-order chi connectivity index (χ1) is 7.57. The van der Waals surface area contributed by atoms with Gasteiger partial charge in [0.1, 0.15) is 0 Å². The lowest BCUT2D eigenvalue weighted by molar-refractivity contribution is 0.174. The van der Waals surface area contributed by atoms with Crippen molar-refractivity contribution in [3.05, 3.63) is 34.9 Å². The second-order valence-corrected chi connectivity index (χ2v) is 4.59.